The third-order valence-electron chi connectivity index (χ3n) is 5.87. The van der Waals surface area contributed by atoms with Crippen LogP contribution in [0, 0.1) is 23.7 Å². The molecule has 0 amide bonds. The summed E-state index contributed by atoms with van der Waals surface area (Å²) < 4.78 is 41.9. The summed E-state index contributed by atoms with van der Waals surface area (Å²) in [5.41, 5.74) is -2.22. The maximum atomic E-state index is 13.3. The number of carbonyl (C=O) groups excluding carboxylic acids is 1. The van der Waals surface area contributed by atoms with Gasteiger partial charge >= 0.3 is 19.3 Å². The van der Waals surface area contributed by atoms with Crippen LogP contribution < -0.4 is 11.2 Å². The highest BCUT2D eigenvalue weighted by atomic mass is 31.2. The number of terminal acetylenes is 1. The van der Waals surface area contributed by atoms with E-state index in [4.69, 9.17) is 29.7 Å². The van der Waals surface area contributed by atoms with Gasteiger partial charge in [-0.1, -0.05) is 5.92 Å². The molecule has 2 aliphatic heterocycles. The van der Waals surface area contributed by atoms with Crippen LogP contribution in [-0.2, 0) is 32.6 Å². The number of methoxy groups -OCH3 is 1. The maximum absolute atomic E-state index is 13.3. The highest BCUT2D eigenvalue weighted by Crippen LogP contribution is 2.61. The molecule has 0 spiro atoms. The number of H-pyrrole nitrogens is 1. The highest BCUT2D eigenvalue weighted by molar-refractivity contribution is 7.53. The predicted molar refractivity (Wildman–Crippen MR) is 117 cm³/mol. The average Bonchev–Trinajstić information content (AvgIpc) is 3.03. The van der Waals surface area contributed by atoms with E-state index in [2.05, 4.69) is 10.9 Å². The normalized spacial score (nSPS) is 32.2. The van der Waals surface area contributed by atoms with Crippen LogP contribution in [0.3, 0.4) is 0 Å². The van der Waals surface area contributed by atoms with Crippen molar-refractivity contribution < 1.29 is 32.6 Å². The molecular weight excluding hydrogens is 455 g/mol. The van der Waals surface area contributed by atoms with Gasteiger partial charge in [0.05, 0.1) is 37.0 Å². The fourth-order valence-electron chi connectivity index (χ4n) is 4.09. The Hall–Kier alpha value is -2.22. The zero-order chi connectivity index (χ0) is 24.4. The first-order chi connectivity index (χ1) is 15.5. The van der Waals surface area contributed by atoms with E-state index in [-0.39, 0.29) is 31.9 Å². The first kappa shape index (κ1) is 25.4. The fourth-order valence-corrected chi connectivity index (χ4v) is 6.23. The monoisotopic (exact) mass is 484 g/mol. The molecule has 1 aromatic rings. The van der Waals surface area contributed by atoms with Crippen LogP contribution in [-0.4, -0.2) is 60.3 Å². The SMILES string of the molecule is C#C[C@]1(C)[C@@H]2CP(=O)(OCC[C@H](OC)C(=O)OC(C)C)OC[C@H]2O[C@H]1n1ccc(=O)[nH]c1=O. The van der Waals surface area contributed by atoms with Crippen molar-refractivity contribution in [2.24, 2.45) is 11.3 Å². The van der Waals surface area contributed by atoms with Crippen molar-refractivity contribution >= 4 is 13.6 Å². The summed E-state index contributed by atoms with van der Waals surface area (Å²) in [6.45, 7) is 5.09. The Bertz CT molecular complexity index is 1070. The molecule has 2 fully saturated rings. The van der Waals surface area contributed by atoms with Gasteiger partial charge in [0.25, 0.3) is 5.56 Å². The molecule has 11 nitrogen and oxygen atoms in total. The van der Waals surface area contributed by atoms with E-state index in [0.29, 0.717) is 0 Å². The van der Waals surface area contributed by atoms with Gasteiger partial charge in [-0.15, -0.1) is 6.42 Å². The minimum absolute atomic E-state index is 0.0267. The van der Waals surface area contributed by atoms with Crippen LogP contribution in [0.2, 0.25) is 0 Å². The number of hydrogen-bond acceptors (Lipinski definition) is 9. The lowest BCUT2D eigenvalue weighted by Gasteiger charge is -2.35. The molecule has 1 unspecified atom stereocenters. The van der Waals surface area contributed by atoms with Crippen LogP contribution in [0.15, 0.2) is 21.9 Å². The van der Waals surface area contributed by atoms with Crippen LogP contribution >= 0.6 is 7.60 Å². The molecule has 1 aromatic heterocycles. The molecule has 12 heteroatoms. The van der Waals surface area contributed by atoms with Gasteiger partial charge < -0.3 is 23.3 Å². The molecular formula is C21H29N2O9P. The molecule has 1 N–H and O–H groups in total. The molecule has 0 aliphatic carbocycles. The largest absolute Gasteiger partial charge is 0.461 e. The number of aromatic nitrogens is 2. The molecule has 6 atom stereocenters. The van der Waals surface area contributed by atoms with E-state index >= 15 is 0 Å². The molecule has 2 aliphatic rings. The standard InChI is InChI=1S/C21H29N2O9P/c1-6-21(4)14-12-33(27,29-10-8-15(28-5)18(25)31-13(2)3)30-11-16(14)32-19(21)23-9-7-17(24)22-20(23)26/h1,7,9,13-16,19H,8,10-12H2,2-5H3,(H,22,24,26)/t14-,15+,16-,19-,21-,33?/m1/s1. The molecule has 3 heterocycles. The Morgan fingerprint density at radius 3 is 2.79 bits per heavy atom. The minimum atomic E-state index is -3.57. The van der Waals surface area contributed by atoms with Gasteiger partial charge in [0.1, 0.15) is 0 Å². The van der Waals surface area contributed by atoms with E-state index in [1.165, 1.54) is 23.9 Å². The first-order valence-corrected chi connectivity index (χ1v) is 12.3. The Kier molecular flexibility index (Phi) is 7.66. The number of ether oxygens (including phenoxy) is 3. The summed E-state index contributed by atoms with van der Waals surface area (Å²) in [7, 11) is -2.19. The molecule has 0 aromatic carbocycles. The molecule has 0 radical (unpaired) electrons. The lowest BCUT2D eigenvalue weighted by atomic mass is 9.77. The number of esters is 1. The molecule has 0 bridgehead atoms. The zero-order valence-electron chi connectivity index (χ0n) is 19.0. The van der Waals surface area contributed by atoms with Gasteiger partial charge in [-0.05, 0) is 20.8 Å². The van der Waals surface area contributed by atoms with Crippen LogP contribution in [0.1, 0.15) is 33.4 Å². The summed E-state index contributed by atoms with van der Waals surface area (Å²) in [5.74, 6) is 1.73. The fraction of sp³-hybridized carbons (Fsp3) is 0.667. The Balaban J connectivity index is 1.71. The Labute approximate surface area is 191 Å². The van der Waals surface area contributed by atoms with Gasteiger partial charge in [0, 0.05) is 31.7 Å². The molecule has 33 heavy (non-hydrogen) atoms. The quantitative estimate of drug-likeness (QED) is 0.329. The third-order valence-corrected chi connectivity index (χ3v) is 7.83. The number of nitrogens with zero attached hydrogens (tertiary/aromatic N) is 1. The summed E-state index contributed by atoms with van der Waals surface area (Å²) in [6.07, 6.45) is 4.70. The smallest absolute Gasteiger partial charge is 0.335 e. The van der Waals surface area contributed by atoms with Crippen molar-refractivity contribution in [2.75, 3.05) is 26.5 Å². The van der Waals surface area contributed by atoms with Gasteiger partial charge in [0.2, 0.25) is 0 Å². The minimum Gasteiger partial charge on any atom is -0.461 e. The van der Waals surface area contributed by atoms with E-state index in [1.54, 1.807) is 20.8 Å². The Morgan fingerprint density at radius 2 is 2.18 bits per heavy atom. The van der Waals surface area contributed by atoms with Gasteiger partial charge in [0.15, 0.2) is 12.3 Å². The molecule has 182 valence electrons. The van der Waals surface area contributed by atoms with Crippen molar-refractivity contribution in [1.29, 1.82) is 0 Å². The van der Waals surface area contributed by atoms with Crippen molar-refractivity contribution in [3.63, 3.8) is 0 Å². The topological polar surface area (TPSA) is 135 Å². The second-order valence-electron chi connectivity index (χ2n) is 8.50. The second kappa shape index (κ2) is 9.95. The molecule has 0 saturated carbocycles. The summed E-state index contributed by atoms with van der Waals surface area (Å²) >= 11 is 0. The van der Waals surface area contributed by atoms with Crippen molar-refractivity contribution in [3.8, 4) is 12.3 Å². The number of rotatable bonds is 8. The zero-order valence-corrected chi connectivity index (χ0v) is 19.9. The first-order valence-electron chi connectivity index (χ1n) is 10.6. The van der Waals surface area contributed by atoms with Crippen molar-refractivity contribution in [2.45, 2.75) is 51.7 Å². The third kappa shape index (κ3) is 5.31. The van der Waals surface area contributed by atoms with Crippen molar-refractivity contribution in [3.05, 3.63) is 33.1 Å². The van der Waals surface area contributed by atoms with Gasteiger partial charge in [-0.2, -0.15) is 0 Å². The lowest BCUT2D eigenvalue weighted by molar-refractivity contribution is -0.160. The average molecular weight is 484 g/mol. The Morgan fingerprint density at radius 1 is 1.45 bits per heavy atom. The van der Waals surface area contributed by atoms with Crippen LogP contribution in [0.25, 0.3) is 0 Å². The van der Waals surface area contributed by atoms with Gasteiger partial charge in [-0.3, -0.25) is 18.9 Å². The number of fused-ring (bicyclic) bond motifs is 1. The molecule has 3 rings (SSSR count). The number of aromatic amines is 1. The molecule has 2 saturated heterocycles. The number of nitrogens with one attached hydrogen (secondary N) is 1. The van der Waals surface area contributed by atoms with E-state index in [0.717, 1.165) is 0 Å². The van der Waals surface area contributed by atoms with E-state index in [1.807, 2.05) is 0 Å². The van der Waals surface area contributed by atoms with E-state index in [9.17, 15) is 18.9 Å². The lowest BCUT2D eigenvalue weighted by Crippen LogP contribution is -2.40. The maximum Gasteiger partial charge on any atom is 0.335 e. The van der Waals surface area contributed by atoms with Crippen LogP contribution in [0.4, 0.5) is 0 Å². The van der Waals surface area contributed by atoms with Crippen molar-refractivity contribution in [1.82, 2.24) is 9.55 Å². The second-order valence-corrected chi connectivity index (χ2v) is 10.6. The summed E-state index contributed by atoms with van der Waals surface area (Å²) in [5, 5.41) is 0. The highest BCUT2D eigenvalue weighted by Gasteiger charge is 2.58. The number of hydrogen-bond donors (Lipinski definition) is 1. The number of carbonyl (C=O) groups is 1. The summed E-state index contributed by atoms with van der Waals surface area (Å²) in [4.78, 5) is 38.0. The van der Waals surface area contributed by atoms with Gasteiger partial charge in [-0.25, -0.2) is 9.59 Å². The predicted octanol–water partition coefficient (Wildman–Crippen LogP) is 1.29. The van der Waals surface area contributed by atoms with Crippen LogP contribution in [0.5, 0.6) is 0 Å². The van der Waals surface area contributed by atoms with E-state index < -0.39 is 54.6 Å². The summed E-state index contributed by atoms with van der Waals surface area (Å²) in [6, 6.07) is 1.20.